The molecule has 0 bridgehead atoms. The Kier molecular flexibility index (Phi) is 6.72. The second-order valence-corrected chi connectivity index (χ2v) is 8.15. The van der Waals surface area contributed by atoms with Gasteiger partial charge in [0.2, 0.25) is 5.91 Å². The summed E-state index contributed by atoms with van der Waals surface area (Å²) < 4.78 is 5.28. The van der Waals surface area contributed by atoms with Gasteiger partial charge in [-0.15, -0.1) is 0 Å². The lowest BCUT2D eigenvalue weighted by Crippen LogP contribution is -2.33. The number of carbonyl (C=O) groups excluding carboxylic acids is 2. The van der Waals surface area contributed by atoms with Crippen LogP contribution in [-0.4, -0.2) is 25.5 Å². The van der Waals surface area contributed by atoms with Crippen molar-refractivity contribution in [3.63, 3.8) is 0 Å². The number of rotatable bonds is 7. The number of nitrogens with one attached hydrogen (secondary N) is 2. The Morgan fingerprint density at radius 1 is 0.875 bits per heavy atom. The molecule has 0 saturated carbocycles. The van der Waals surface area contributed by atoms with Crippen LogP contribution >= 0.6 is 11.8 Å². The normalized spacial score (nSPS) is 10.5. The standard InChI is InChI=1S/C26H22N2O3S/c1-31-19-10-7-11-20(16-19)32-24-15-5-4-14-23(24)28-25(29)17-27-26(30)22-13-6-9-18-8-2-3-12-21(18)22/h2-16H,17H2,1H3,(H,27,30)(H,28,29). The number of hydrogen-bond acceptors (Lipinski definition) is 4. The van der Waals surface area contributed by atoms with Gasteiger partial charge >= 0.3 is 0 Å². The van der Waals surface area contributed by atoms with Crippen LogP contribution in [0.2, 0.25) is 0 Å². The van der Waals surface area contributed by atoms with Gasteiger partial charge < -0.3 is 15.4 Å². The predicted molar refractivity (Wildman–Crippen MR) is 128 cm³/mol. The van der Waals surface area contributed by atoms with E-state index in [0.29, 0.717) is 11.3 Å². The summed E-state index contributed by atoms with van der Waals surface area (Å²) in [4.78, 5) is 27.1. The topological polar surface area (TPSA) is 67.4 Å². The molecule has 5 nitrogen and oxygen atoms in total. The molecule has 2 N–H and O–H groups in total. The molecule has 4 aromatic carbocycles. The molecule has 0 heterocycles. The molecule has 0 aliphatic carbocycles. The number of para-hydroxylation sites is 1. The van der Waals surface area contributed by atoms with Gasteiger partial charge in [-0.2, -0.15) is 0 Å². The zero-order chi connectivity index (χ0) is 22.3. The molecule has 160 valence electrons. The van der Waals surface area contributed by atoms with Crippen LogP contribution < -0.4 is 15.4 Å². The lowest BCUT2D eigenvalue weighted by atomic mass is 10.0. The van der Waals surface area contributed by atoms with Crippen LogP contribution in [0.15, 0.2) is 101 Å². The molecule has 6 heteroatoms. The third kappa shape index (κ3) is 5.10. The van der Waals surface area contributed by atoms with Crippen molar-refractivity contribution in [2.24, 2.45) is 0 Å². The lowest BCUT2D eigenvalue weighted by Gasteiger charge is -2.12. The molecule has 0 spiro atoms. The van der Waals surface area contributed by atoms with Crippen LogP contribution in [0.5, 0.6) is 5.75 Å². The van der Waals surface area contributed by atoms with Crippen LogP contribution in [0.3, 0.4) is 0 Å². The minimum Gasteiger partial charge on any atom is -0.497 e. The molecule has 4 rings (SSSR count). The van der Waals surface area contributed by atoms with Crippen LogP contribution in [0.25, 0.3) is 10.8 Å². The molecule has 0 atom stereocenters. The van der Waals surface area contributed by atoms with Crippen molar-refractivity contribution in [1.82, 2.24) is 5.32 Å². The van der Waals surface area contributed by atoms with E-state index in [1.54, 1.807) is 13.2 Å². The first kappa shape index (κ1) is 21.5. The van der Waals surface area contributed by atoms with Crippen molar-refractivity contribution in [1.29, 1.82) is 0 Å². The van der Waals surface area contributed by atoms with Crippen molar-refractivity contribution in [2.75, 3.05) is 19.0 Å². The Morgan fingerprint density at radius 2 is 1.62 bits per heavy atom. The summed E-state index contributed by atoms with van der Waals surface area (Å²) in [7, 11) is 1.63. The fourth-order valence-corrected chi connectivity index (χ4v) is 4.28. The first-order chi connectivity index (χ1) is 15.6. The molecule has 32 heavy (non-hydrogen) atoms. The molecular formula is C26H22N2O3S. The highest BCUT2D eigenvalue weighted by atomic mass is 32.2. The number of hydrogen-bond donors (Lipinski definition) is 2. The molecule has 0 aliphatic heterocycles. The highest BCUT2D eigenvalue weighted by molar-refractivity contribution is 7.99. The monoisotopic (exact) mass is 442 g/mol. The number of fused-ring (bicyclic) bond motifs is 1. The molecule has 0 aliphatic rings. The average molecular weight is 443 g/mol. The quantitative estimate of drug-likeness (QED) is 0.404. The number of amides is 2. The zero-order valence-corrected chi connectivity index (χ0v) is 18.3. The van der Waals surface area contributed by atoms with E-state index in [4.69, 9.17) is 4.74 Å². The van der Waals surface area contributed by atoms with Crippen molar-refractivity contribution < 1.29 is 14.3 Å². The SMILES string of the molecule is COc1cccc(Sc2ccccc2NC(=O)CNC(=O)c2cccc3ccccc23)c1. The van der Waals surface area contributed by atoms with Gasteiger partial charge in [-0.25, -0.2) is 0 Å². The van der Waals surface area contributed by atoms with E-state index >= 15 is 0 Å². The van der Waals surface area contributed by atoms with Gasteiger partial charge in [0.25, 0.3) is 5.91 Å². The number of benzene rings is 4. The second-order valence-electron chi connectivity index (χ2n) is 7.03. The minimum absolute atomic E-state index is 0.125. The molecule has 0 unspecified atom stereocenters. The Morgan fingerprint density at radius 3 is 2.50 bits per heavy atom. The van der Waals surface area contributed by atoms with Crippen LogP contribution in [0.1, 0.15) is 10.4 Å². The van der Waals surface area contributed by atoms with Gasteiger partial charge in [0, 0.05) is 15.4 Å². The molecule has 0 fully saturated rings. The summed E-state index contributed by atoms with van der Waals surface area (Å²) in [5, 5.41) is 7.45. The fourth-order valence-electron chi connectivity index (χ4n) is 3.32. The summed E-state index contributed by atoms with van der Waals surface area (Å²) in [6.45, 7) is -0.125. The van der Waals surface area contributed by atoms with Crippen LogP contribution in [0.4, 0.5) is 5.69 Å². The highest BCUT2D eigenvalue weighted by Gasteiger charge is 2.13. The lowest BCUT2D eigenvalue weighted by molar-refractivity contribution is -0.115. The fraction of sp³-hybridized carbons (Fsp3) is 0.0769. The van der Waals surface area contributed by atoms with E-state index in [2.05, 4.69) is 10.6 Å². The summed E-state index contributed by atoms with van der Waals surface area (Å²) in [6.07, 6.45) is 0. The first-order valence-electron chi connectivity index (χ1n) is 10.1. The Labute approximate surface area is 190 Å². The summed E-state index contributed by atoms with van der Waals surface area (Å²) in [5.41, 5.74) is 1.23. The smallest absolute Gasteiger partial charge is 0.252 e. The van der Waals surface area contributed by atoms with Gasteiger partial charge in [-0.3, -0.25) is 9.59 Å². The number of anilines is 1. The van der Waals surface area contributed by atoms with Gasteiger partial charge in [0.1, 0.15) is 5.75 Å². The Balaban J connectivity index is 1.42. The summed E-state index contributed by atoms with van der Waals surface area (Å²) in [6, 6.07) is 28.5. The van der Waals surface area contributed by atoms with E-state index in [1.165, 1.54) is 11.8 Å². The van der Waals surface area contributed by atoms with Crippen molar-refractivity contribution in [3.05, 3.63) is 96.6 Å². The largest absolute Gasteiger partial charge is 0.497 e. The van der Waals surface area contributed by atoms with E-state index in [9.17, 15) is 9.59 Å². The van der Waals surface area contributed by atoms with E-state index in [-0.39, 0.29) is 18.4 Å². The maximum absolute atomic E-state index is 12.7. The number of carbonyl (C=O) groups is 2. The van der Waals surface area contributed by atoms with Gasteiger partial charge in [-0.05, 0) is 47.2 Å². The van der Waals surface area contributed by atoms with E-state index in [0.717, 1.165) is 26.3 Å². The highest BCUT2D eigenvalue weighted by Crippen LogP contribution is 2.34. The molecule has 0 aromatic heterocycles. The van der Waals surface area contributed by atoms with E-state index < -0.39 is 0 Å². The van der Waals surface area contributed by atoms with Crippen molar-refractivity contribution in [3.8, 4) is 5.75 Å². The van der Waals surface area contributed by atoms with Gasteiger partial charge in [0.05, 0.1) is 19.3 Å². The average Bonchev–Trinajstić information content (AvgIpc) is 2.83. The van der Waals surface area contributed by atoms with Gasteiger partial charge in [0.15, 0.2) is 0 Å². The molecule has 4 aromatic rings. The molecule has 0 saturated heterocycles. The summed E-state index contributed by atoms with van der Waals surface area (Å²) in [5.74, 6) is 0.195. The Bertz CT molecular complexity index is 1270. The third-order valence-corrected chi connectivity index (χ3v) is 5.94. The summed E-state index contributed by atoms with van der Waals surface area (Å²) >= 11 is 1.53. The van der Waals surface area contributed by atoms with Gasteiger partial charge in [-0.1, -0.05) is 66.4 Å². The van der Waals surface area contributed by atoms with Crippen LogP contribution in [-0.2, 0) is 4.79 Å². The molecular weight excluding hydrogens is 420 g/mol. The Hall–Kier alpha value is -3.77. The maximum Gasteiger partial charge on any atom is 0.252 e. The van der Waals surface area contributed by atoms with Crippen molar-refractivity contribution >= 4 is 40.0 Å². The second kappa shape index (κ2) is 10.0. The minimum atomic E-state index is -0.294. The van der Waals surface area contributed by atoms with Crippen molar-refractivity contribution in [2.45, 2.75) is 9.79 Å². The molecule has 2 amide bonds. The zero-order valence-electron chi connectivity index (χ0n) is 17.5. The number of methoxy groups -OCH3 is 1. The molecule has 0 radical (unpaired) electrons. The van der Waals surface area contributed by atoms with Crippen LogP contribution in [0, 0.1) is 0 Å². The van der Waals surface area contributed by atoms with E-state index in [1.807, 2.05) is 84.9 Å². The third-order valence-electron chi connectivity index (χ3n) is 4.87. The maximum atomic E-state index is 12.7. The first-order valence-corrected chi connectivity index (χ1v) is 10.9. The predicted octanol–water partition coefficient (Wildman–Crippen LogP) is 5.37. The number of ether oxygens (including phenoxy) is 1.